The molecular formula is C32H27ClN2O3. The third kappa shape index (κ3) is 3.57. The maximum Gasteiger partial charge on any atom is 0.340 e. The van der Waals surface area contributed by atoms with Crippen LogP contribution in [-0.4, -0.2) is 19.1 Å². The van der Waals surface area contributed by atoms with E-state index in [1.165, 1.54) is 24.9 Å². The molecule has 0 amide bonds. The highest BCUT2D eigenvalue weighted by Gasteiger charge is 2.53. The van der Waals surface area contributed by atoms with Gasteiger partial charge in [0.15, 0.2) is 5.60 Å². The Hall–Kier alpha value is -3.96. The average molecular weight is 523 g/mol. The predicted octanol–water partition coefficient (Wildman–Crippen LogP) is 7.95. The molecule has 5 nitrogen and oxygen atoms in total. The average Bonchev–Trinajstić information content (AvgIpc) is 3.23. The Bertz CT molecular complexity index is 1580. The number of carbonyl (C=O) groups excluding carboxylic acids is 1. The predicted molar refractivity (Wildman–Crippen MR) is 150 cm³/mol. The van der Waals surface area contributed by atoms with E-state index < -0.39 is 5.60 Å². The molecule has 7 rings (SSSR count). The number of hydrogen-bond donors (Lipinski definition) is 1. The Labute approximate surface area is 227 Å². The van der Waals surface area contributed by atoms with Crippen molar-refractivity contribution in [3.05, 3.63) is 112 Å². The van der Waals surface area contributed by atoms with Gasteiger partial charge in [-0.3, -0.25) is 0 Å². The van der Waals surface area contributed by atoms with E-state index in [1.807, 2.05) is 61.5 Å². The lowest BCUT2D eigenvalue weighted by molar-refractivity contribution is 0.0224. The van der Waals surface area contributed by atoms with Crippen LogP contribution in [0.2, 0.25) is 5.02 Å². The molecule has 3 aliphatic rings. The van der Waals surface area contributed by atoms with Crippen LogP contribution in [0.4, 0.5) is 17.1 Å². The highest BCUT2D eigenvalue weighted by atomic mass is 35.5. The molecule has 1 atom stereocenters. The molecule has 1 N–H and O–H groups in total. The molecule has 0 aliphatic carbocycles. The van der Waals surface area contributed by atoms with Gasteiger partial charge in [0, 0.05) is 57.9 Å². The van der Waals surface area contributed by atoms with Crippen molar-refractivity contribution in [2.75, 3.05) is 23.3 Å². The van der Waals surface area contributed by atoms with Crippen LogP contribution < -0.4 is 15.0 Å². The summed E-state index contributed by atoms with van der Waals surface area (Å²) in [5.41, 5.74) is 5.77. The molecular weight excluding hydrogens is 496 g/mol. The van der Waals surface area contributed by atoms with Crippen molar-refractivity contribution >= 4 is 34.6 Å². The fourth-order valence-electron chi connectivity index (χ4n) is 6.05. The molecule has 38 heavy (non-hydrogen) atoms. The normalized spacial score (nSPS) is 19.3. The van der Waals surface area contributed by atoms with Gasteiger partial charge < -0.3 is 19.7 Å². The number of aryl methyl sites for hydroxylation is 1. The highest BCUT2D eigenvalue weighted by molar-refractivity contribution is 6.30. The second kappa shape index (κ2) is 8.81. The lowest BCUT2D eigenvalue weighted by Gasteiger charge is -2.37. The lowest BCUT2D eigenvalue weighted by atomic mass is 9.77. The van der Waals surface area contributed by atoms with Gasteiger partial charge in [-0.25, -0.2) is 4.79 Å². The van der Waals surface area contributed by atoms with Crippen molar-refractivity contribution < 1.29 is 14.3 Å². The third-order valence-corrected chi connectivity index (χ3v) is 8.06. The van der Waals surface area contributed by atoms with E-state index >= 15 is 0 Å². The van der Waals surface area contributed by atoms with Gasteiger partial charge in [-0.1, -0.05) is 29.8 Å². The van der Waals surface area contributed by atoms with E-state index in [1.54, 1.807) is 0 Å². The van der Waals surface area contributed by atoms with Gasteiger partial charge in [-0.2, -0.15) is 0 Å². The molecule has 4 aromatic rings. The van der Waals surface area contributed by atoms with Crippen LogP contribution in [0, 0.1) is 6.92 Å². The molecule has 1 unspecified atom stereocenters. The van der Waals surface area contributed by atoms with E-state index in [0.717, 1.165) is 46.7 Å². The molecule has 4 aromatic carbocycles. The molecule has 190 valence electrons. The van der Waals surface area contributed by atoms with Gasteiger partial charge >= 0.3 is 5.97 Å². The summed E-state index contributed by atoms with van der Waals surface area (Å²) in [4.78, 5) is 15.5. The monoisotopic (exact) mass is 522 g/mol. The number of halogens is 1. The zero-order chi connectivity index (χ0) is 25.9. The van der Waals surface area contributed by atoms with E-state index in [9.17, 15) is 4.79 Å². The fraction of sp³-hybridized carbons (Fsp3) is 0.219. The molecule has 0 aromatic heterocycles. The summed E-state index contributed by atoms with van der Waals surface area (Å²) in [5, 5.41) is 4.08. The Morgan fingerprint density at radius 1 is 0.842 bits per heavy atom. The Morgan fingerprint density at radius 3 is 2.42 bits per heavy atom. The molecule has 1 saturated heterocycles. The minimum absolute atomic E-state index is 0.354. The number of benzene rings is 4. The van der Waals surface area contributed by atoms with Crippen molar-refractivity contribution in [2.45, 2.75) is 31.8 Å². The minimum Gasteiger partial charge on any atom is -0.456 e. The summed E-state index contributed by atoms with van der Waals surface area (Å²) in [6.45, 7) is 4.20. The SMILES string of the molecule is Cc1cc(Cl)cc2c1Oc1cc(Nc3ccc(N4CCCCC4)cc3)ccc1C21OC(=O)c2ccccc21. The van der Waals surface area contributed by atoms with E-state index in [0.29, 0.717) is 22.1 Å². The van der Waals surface area contributed by atoms with Crippen LogP contribution in [0.3, 0.4) is 0 Å². The summed E-state index contributed by atoms with van der Waals surface area (Å²) in [5.74, 6) is 0.949. The Kier molecular flexibility index (Phi) is 5.38. The lowest BCUT2D eigenvalue weighted by Crippen LogP contribution is -2.33. The maximum atomic E-state index is 13.1. The summed E-state index contributed by atoms with van der Waals surface area (Å²) >= 11 is 6.50. The van der Waals surface area contributed by atoms with Gasteiger partial charge in [0.1, 0.15) is 11.5 Å². The number of hydrogen-bond acceptors (Lipinski definition) is 5. The van der Waals surface area contributed by atoms with Crippen LogP contribution in [0.15, 0.2) is 78.9 Å². The molecule has 0 saturated carbocycles. The Morgan fingerprint density at radius 2 is 1.61 bits per heavy atom. The number of piperidine rings is 1. The number of carbonyl (C=O) groups is 1. The standard InChI is InChI=1S/C32H27ClN2O3/c1-20-17-21(33)18-28-30(20)37-29-19-23(34-22-9-12-24(13-10-22)35-15-5-2-6-16-35)11-14-27(29)32(28)26-8-4-3-7-25(26)31(36)38-32/h3-4,7-14,17-19,34H,2,5-6,15-16H2,1H3. The van der Waals surface area contributed by atoms with Gasteiger partial charge in [-0.15, -0.1) is 0 Å². The second-order valence-electron chi connectivity index (χ2n) is 10.2. The number of nitrogens with zero attached hydrogens (tertiary/aromatic N) is 1. The first-order chi connectivity index (χ1) is 18.5. The van der Waals surface area contributed by atoms with Crippen LogP contribution in [0.1, 0.15) is 51.9 Å². The first kappa shape index (κ1) is 23.2. The first-order valence-corrected chi connectivity index (χ1v) is 13.5. The summed E-state index contributed by atoms with van der Waals surface area (Å²) in [6, 6.07) is 25.8. The molecule has 1 spiro atoms. The van der Waals surface area contributed by atoms with Crippen molar-refractivity contribution in [3.63, 3.8) is 0 Å². The maximum absolute atomic E-state index is 13.1. The minimum atomic E-state index is -1.12. The van der Waals surface area contributed by atoms with Crippen LogP contribution in [0.5, 0.6) is 11.5 Å². The summed E-state index contributed by atoms with van der Waals surface area (Å²) in [7, 11) is 0. The van der Waals surface area contributed by atoms with Crippen molar-refractivity contribution in [3.8, 4) is 11.5 Å². The highest BCUT2D eigenvalue weighted by Crippen LogP contribution is 2.57. The van der Waals surface area contributed by atoms with E-state index in [4.69, 9.17) is 21.1 Å². The van der Waals surface area contributed by atoms with E-state index in [2.05, 4.69) is 34.5 Å². The molecule has 6 heteroatoms. The van der Waals surface area contributed by atoms with Crippen molar-refractivity contribution in [1.29, 1.82) is 0 Å². The van der Waals surface area contributed by atoms with Crippen molar-refractivity contribution in [2.24, 2.45) is 0 Å². The van der Waals surface area contributed by atoms with Gasteiger partial charge in [-0.05, 0) is 86.3 Å². The van der Waals surface area contributed by atoms with Gasteiger partial charge in [0.05, 0.1) is 5.56 Å². The number of anilines is 3. The van der Waals surface area contributed by atoms with E-state index in [-0.39, 0.29) is 5.97 Å². The van der Waals surface area contributed by atoms with Gasteiger partial charge in [0.2, 0.25) is 0 Å². The van der Waals surface area contributed by atoms with Gasteiger partial charge in [0.25, 0.3) is 0 Å². The largest absolute Gasteiger partial charge is 0.456 e. The number of rotatable bonds is 3. The zero-order valence-corrected chi connectivity index (χ0v) is 21.8. The van der Waals surface area contributed by atoms with Crippen LogP contribution in [-0.2, 0) is 10.3 Å². The zero-order valence-electron chi connectivity index (χ0n) is 21.1. The van der Waals surface area contributed by atoms with Crippen LogP contribution >= 0.6 is 11.6 Å². The summed E-state index contributed by atoms with van der Waals surface area (Å²) in [6.07, 6.45) is 3.83. The third-order valence-electron chi connectivity index (χ3n) is 7.84. The Balaban J connectivity index is 1.29. The first-order valence-electron chi connectivity index (χ1n) is 13.1. The van der Waals surface area contributed by atoms with Crippen molar-refractivity contribution in [1.82, 2.24) is 0 Å². The fourth-order valence-corrected chi connectivity index (χ4v) is 6.32. The second-order valence-corrected chi connectivity index (χ2v) is 10.7. The quantitative estimate of drug-likeness (QED) is 0.277. The number of nitrogens with one attached hydrogen (secondary N) is 1. The number of esters is 1. The molecule has 0 radical (unpaired) electrons. The topological polar surface area (TPSA) is 50.8 Å². The number of fused-ring (bicyclic) bond motifs is 6. The smallest absolute Gasteiger partial charge is 0.340 e. The number of ether oxygens (including phenoxy) is 2. The molecule has 3 heterocycles. The molecule has 0 bridgehead atoms. The summed E-state index contributed by atoms with van der Waals surface area (Å²) < 4.78 is 12.7. The molecule has 1 fully saturated rings. The molecule has 3 aliphatic heterocycles. The van der Waals surface area contributed by atoms with Crippen LogP contribution in [0.25, 0.3) is 0 Å².